The van der Waals surface area contributed by atoms with E-state index >= 15 is 0 Å². The molecule has 3 aromatic rings. The van der Waals surface area contributed by atoms with Crippen LogP contribution in [0.15, 0.2) is 48.0 Å². The Bertz CT molecular complexity index is 773. The van der Waals surface area contributed by atoms with Gasteiger partial charge in [-0.05, 0) is 18.2 Å². The fourth-order valence-electron chi connectivity index (χ4n) is 2.00. The Morgan fingerprint density at radius 1 is 1.29 bits per heavy atom. The number of carboxylic acid groups (broad SMARTS) is 1. The second-order valence-corrected chi connectivity index (χ2v) is 5.29. The maximum atomic E-state index is 10.8. The molecule has 0 aromatic carbocycles. The van der Waals surface area contributed by atoms with Gasteiger partial charge in [0.25, 0.3) is 0 Å². The predicted octanol–water partition coefficient (Wildman–Crippen LogP) is 2.05. The highest BCUT2D eigenvalue weighted by atomic mass is 32.2. The van der Waals surface area contributed by atoms with E-state index in [9.17, 15) is 4.79 Å². The summed E-state index contributed by atoms with van der Waals surface area (Å²) >= 11 is 1.20. The number of imidazole rings is 1. The van der Waals surface area contributed by atoms with Gasteiger partial charge in [-0.3, -0.25) is 14.8 Å². The molecule has 106 valence electrons. The van der Waals surface area contributed by atoms with E-state index in [1.165, 1.54) is 11.8 Å². The summed E-state index contributed by atoms with van der Waals surface area (Å²) in [5.74, 6) is -0.895. The number of hydrogen-bond acceptors (Lipinski definition) is 5. The molecule has 7 heteroatoms. The van der Waals surface area contributed by atoms with Crippen LogP contribution in [-0.4, -0.2) is 36.3 Å². The first-order chi connectivity index (χ1) is 10.2. The van der Waals surface area contributed by atoms with Gasteiger partial charge in [0.15, 0.2) is 5.16 Å². The van der Waals surface area contributed by atoms with E-state index in [4.69, 9.17) is 5.11 Å². The molecule has 0 radical (unpaired) electrons. The maximum absolute atomic E-state index is 10.8. The van der Waals surface area contributed by atoms with Crippen molar-refractivity contribution in [2.24, 2.45) is 0 Å². The zero-order chi connectivity index (χ0) is 14.7. The van der Waals surface area contributed by atoms with Crippen molar-refractivity contribution in [2.75, 3.05) is 5.75 Å². The molecule has 1 N–H and O–H groups in total. The van der Waals surface area contributed by atoms with E-state index in [2.05, 4.69) is 15.0 Å². The molecule has 0 amide bonds. The molecular weight excluding hydrogens is 288 g/mol. The number of aromatic nitrogens is 4. The minimum absolute atomic E-state index is 0.0288. The number of carbonyl (C=O) groups is 1. The van der Waals surface area contributed by atoms with Crippen LogP contribution < -0.4 is 0 Å². The van der Waals surface area contributed by atoms with Crippen LogP contribution >= 0.6 is 11.8 Å². The zero-order valence-corrected chi connectivity index (χ0v) is 11.8. The SMILES string of the molecule is O=C(O)CSc1nc2cnccc2n1Cc1ccccn1. The summed E-state index contributed by atoms with van der Waals surface area (Å²) in [5, 5.41) is 9.51. The molecule has 0 unspecified atom stereocenters. The molecule has 0 aliphatic heterocycles. The van der Waals surface area contributed by atoms with Crippen LogP contribution in [0.1, 0.15) is 5.69 Å². The van der Waals surface area contributed by atoms with E-state index < -0.39 is 5.97 Å². The van der Waals surface area contributed by atoms with Crippen molar-refractivity contribution in [3.63, 3.8) is 0 Å². The van der Waals surface area contributed by atoms with Crippen LogP contribution in [0.5, 0.6) is 0 Å². The monoisotopic (exact) mass is 300 g/mol. The molecule has 0 atom stereocenters. The van der Waals surface area contributed by atoms with Gasteiger partial charge in [-0.2, -0.15) is 0 Å². The number of hydrogen-bond donors (Lipinski definition) is 1. The van der Waals surface area contributed by atoms with Gasteiger partial charge in [-0.1, -0.05) is 17.8 Å². The predicted molar refractivity (Wildman–Crippen MR) is 79.2 cm³/mol. The first-order valence-electron chi connectivity index (χ1n) is 6.29. The summed E-state index contributed by atoms with van der Waals surface area (Å²) in [7, 11) is 0. The second-order valence-electron chi connectivity index (χ2n) is 4.35. The summed E-state index contributed by atoms with van der Waals surface area (Å²) in [6.07, 6.45) is 5.11. The number of fused-ring (bicyclic) bond motifs is 1. The summed E-state index contributed by atoms with van der Waals surface area (Å²) in [5.41, 5.74) is 2.57. The van der Waals surface area contributed by atoms with Crippen LogP contribution in [-0.2, 0) is 11.3 Å². The molecule has 3 heterocycles. The fraction of sp³-hybridized carbons (Fsp3) is 0.143. The lowest BCUT2D eigenvalue weighted by Crippen LogP contribution is -2.05. The lowest BCUT2D eigenvalue weighted by atomic mass is 10.3. The van der Waals surface area contributed by atoms with Crippen molar-refractivity contribution in [3.8, 4) is 0 Å². The number of thioether (sulfide) groups is 1. The van der Waals surface area contributed by atoms with Gasteiger partial charge in [0.2, 0.25) is 0 Å². The second kappa shape index (κ2) is 5.92. The van der Waals surface area contributed by atoms with Gasteiger partial charge >= 0.3 is 5.97 Å². The number of rotatable bonds is 5. The normalized spacial score (nSPS) is 10.9. The van der Waals surface area contributed by atoms with Gasteiger partial charge in [0.05, 0.1) is 29.7 Å². The molecule has 0 bridgehead atoms. The Morgan fingerprint density at radius 2 is 2.19 bits per heavy atom. The fourth-order valence-corrected chi connectivity index (χ4v) is 2.74. The molecule has 3 aromatic heterocycles. The third-order valence-electron chi connectivity index (χ3n) is 2.89. The highest BCUT2D eigenvalue weighted by Gasteiger charge is 2.13. The van der Waals surface area contributed by atoms with Crippen LogP contribution in [0.2, 0.25) is 0 Å². The van der Waals surface area contributed by atoms with E-state index in [0.29, 0.717) is 11.7 Å². The van der Waals surface area contributed by atoms with Crippen LogP contribution in [0.3, 0.4) is 0 Å². The lowest BCUT2D eigenvalue weighted by Gasteiger charge is -2.07. The Hall–Kier alpha value is -2.41. The minimum Gasteiger partial charge on any atom is -0.481 e. The topological polar surface area (TPSA) is 80.9 Å². The largest absolute Gasteiger partial charge is 0.481 e. The first-order valence-corrected chi connectivity index (χ1v) is 7.27. The van der Waals surface area contributed by atoms with Crippen molar-refractivity contribution < 1.29 is 9.90 Å². The van der Waals surface area contributed by atoms with Crippen molar-refractivity contribution in [2.45, 2.75) is 11.7 Å². The molecule has 0 saturated heterocycles. The molecule has 0 aliphatic rings. The summed E-state index contributed by atoms with van der Waals surface area (Å²) in [6, 6.07) is 7.58. The molecular formula is C14H12N4O2S. The molecule has 6 nitrogen and oxygen atoms in total. The molecule has 3 rings (SSSR count). The average molecular weight is 300 g/mol. The number of nitrogens with zero attached hydrogens (tertiary/aromatic N) is 4. The quantitative estimate of drug-likeness (QED) is 0.726. The molecule has 0 saturated carbocycles. The van der Waals surface area contributed by atoms with Gasteiger partial charge in [-0.15, -0.1) is 0 Å². The Kier molecular flexibility index (Phi) is 3.83. The lowest BCUT2D eigenvalue weighted by molar-refractivity contribution is -0.133. The Morgan fingerprint density at radius 3 is 2.95 bits per heavy atom. The van der Waals surface area contributed by atoms with Crippen LogP contribution in [0.25, 0.3) is 11.0 Å². The number of pyridine rings is 2. The van der Waals surface area contributed by atoms with Crippen molar-refractivity contribution in [1.29, 1.82) is 0 Å². The summed E-state index contributed by atoms with van der Waals surface area (Å²) in [4.78, 5) is 23.6. The van der Waals surface area contributed by atoms with Gasteiger partial charge in [0, 0.05) is 12.4 Å². The summed E-state index contributed by atoms with van der Waals surface area (Å²) in [6.45, 7) is 0.545. The first kappa shape index (κ1) is 13.6. The van der Waals surface area contributed by atoms with Crippen LogP contribution in [0.4, 0.5) is 0 Å². The van der Waals surface area contributed by atoms with Gasteiger partial charge < -0.3 is 9.67 Å². The van der Waals surface area contributed by atoms with E-state index in [1.54, 1.807) is 18.6 Å². The van der Waals surface area contributed by atoms with Crippen LogP contribution in [0, 0.1) is 0 Å². The van der Waals surface area contributed by atoms with Crippen molar-refractivity contribution in [3.05, 3.63) is 48.5 Å². The summed E-state index contributed by atoms with van der Waals surface area (Å²) < 4.78 is 1.97. The van der Waals surface area contributed by atoms with Gasteiger partial charge in [0.1, 0.15) is 5.52 Å². The minimum atomic E-state index is -0.866. The highest BCUT2D eigenvalue weighted by Crippen LogP contribution is 2.24. The zero-order valence-electron chi connectivity index (χ0n) is 11.0. The van der Waals surface area contributed by atoms with E-state index in [0.717, 1.165) is 16.7 Å². The molecule has 0 spiro atoms. The third kappa shape index (κ3) is 3.03. The number of aliphatic carboxylic acids is 1. The molecule has 0 fully saturated rings. The van der Waals surface area contributed by atoms with E-state index in [-0.39, 0.29) is 5.75 Å². The molecule has 21 heavy (non-hydrogen) atoms. The third-order valence-corrected chi connectivity index (χ3v) is 3.85. The molecule has 0 aliphatic carbocycles. The number of carboxylic acids is 1. The van der Waals surface area contributed by atoms with Gasteiger partial charge in [-0.25, -0.2) is 4.98 Å². The Labute approximate surface area is 124 Å². The van der Waals surface area contributed by atoms with Crippen molar-refractivity contribution >= 4 is 28.8 Å². The average Bonchev–Trinajstić information content (AvgIpc) is 2.84. The van der Waals surface area contributed by atoms with E-state index in [1.807, 2.05) is 28.8 Å². The maximum Gasteiger partial charge on any atom is 0.313 e. The van der Waals surface area contributed by atoms with Crippen molar-refractivity contribution in [1.82, 2.24) is 19.5 Å². The standard InChI is InChI=1S/C14H12N4O2S/c19-13(20)9-21-14-17-11-7-15-6-4-12(11)18(14)8-10-3-1-2-5-16-10/h1-7H,8-9H2,(H,19,20). The Balaban J connectivity index is 2.00. The highest BCUT2D eigenvalue weighted by molar-refractivity contribution is 7.99. The smallest absolute Gasteiger partial charge is 0.313 e.